The van der Waals surface area contributed by atoms with Gasteiger partial charge in [-0.2, -0.15) is 0 Å². The third-order valence-electron chi connectivity index (χ3n) is 3.60. The number of thioether (sulfide) groups is 1. The van der Waals surface area contributed by atoms with E-state index >= 15 is 0 Å². The van der Waals surface area contributed by atoms with Gasteiger partial charge in [0.1, 0.15) is 4.32 Å². The lowest BCUT2D eigenvalue weighted by Crippen LogP contribution is -2.29. The molecule has 1 N–H and O–H groups in total. The number of benzene rings is 1. The molecule has 4 nitrogen and oxygen atoms in total. The lowest BCUT2D eigenvalue weighted by atomic mass is 10.1. The Morgan fingerprint density at radius 1 is 1.17 bits per heavy atom. The summed E-state index contributed by atoms with van der Waals surface area (Å²) in [6.45, 7) is 9.62. The third kappa shape index (κ3) is 6.24. The molecule has 24 heavy (non-hydrogen) atoms. The maximum absolute atomic E-state index is 12.5. The predicted molar refractivity (Wildman–Crippen MR) is 107 cm³/mol. The Hall–Kier alpha value is -1.40. The van der Waals surface area contributed by atoms with E-state index in [-0.39, 0.29) is 16.9 Å². The average Bonchev–Trinajstić information content (AvgIpc) is 2.56. The molecule has 1 rings (SSSR count). The van der Waals surface area contributed by atoms with Crippen molar-refractivity contribution in [3.05, 3.63) is 29.8 Å². The molecule has 0 aliphatic heterocycles. The van der Waals surface area contributed by atoms with E-state index in [1.165, 1.54) is 11.8 Å². The van der Waals surface area contributed by atoms with E-state index in [4.69, 9.17) is 12.2 Å². The Labute approximate surface area is 154 Å². The number of thiocarbonyl (C=S) groups is 1. The Balaban J connectivity index is 2.67. The maximum Gasteiger partial charge on any atom is 0.224 e. The van der Waals surface area contributed by atoms with Gasteiger partial charge in [-0.15, -0.1) is 0 Å². The van der Waals surface area contributed by atoms with Crippen LogP contribution in [0.3, 0.4) is 0 Å². The van der Waals surface area contributed by atoms with Gasteiger partial charge >= 0.3 is 0 Å². The zero-order valence-electron chi connectivity index (χ0n) is 14.8. The molecule has 0 radical (unpaired) electrons. The fraction of sp³-hybridized carbons (Fsp3) is 0.500. The molecule has 1 aromatic rings. The number of hydrogen-bond donors (Lipinski definition) is 1. The fourth-order valence-electron chi connectivity index (χ4n) is 2.16. The lowest BCUT2D eigenvalue weighted by Gasteiger charge is -2.22. The first-order chi connectivity index (χ1) is 11.4. The highest BCUT2D eigenvalue weighted by Gasteiger charge is 2.19. The van der Waals surface area contributed by atoms with Crippen molar-refractivity contribution in [2.75, 3.05) is 18.4 Å². The second kappa shape index (κ2) is 10.5. The molecule has 132 valence electrons. The second-order valence-electron chi connectivity index (χ2n) is 5.44. The van der Waals surface area contributed by atoms with Gasteiger partial charge in [0.2, 0.25) is 5.91 Å². The first-order valence-corrected chi connectivity index (χ1v) is 9.61. The summed E-state index contributed by atoms with van der Waals surface area (Å²) in [5, 5.41) is 2.58. The third-order valence-corrected chi connectivity index (χ3v) is 5.17. The van der Waals surface area contributed by atoms with Crippen LogP contribution >= 0.6 is 24.0 Å². The summed E-state index contributed by atoms with van der Waals surface area (Å²) in [6, 6.07) is 7.03. The molecule has 0 aliphatic carbocycles. The van der Waals surface area contributed by atoms with Crippen molar-refractivity contribution >= 4 is 45.7 Å². The van der Waals surface area contributed by atoms with Gasteiger partial charge in [0, 0.05) is 30.8 Å². The Kier molecular flexibility index (Phi) is 9.00. The van der Waals surface area contributed by atoms with Gasteiger partial charge in [0.15, 0.2) is 5.78 Å². The summed E-state index contributed by atoms with van der Waals surface area (Å²) in [5.74, 6) is 0.0333. The van der Waals surface area contributed by atoms with Crippen LogP contribution in [0.2, 0.25) is 0 Å². The van der Waals surface area contributed by atoms with E-state index in [9.17, 15) is 9.59 Å². The molecule has 0 aliphatic rings. The molecule has 0 saturated heterocycles. The number of rotatable bonds is 8. The van der Waals surface area contributed by atoms with E-state index < -0.39 is 0 Å². The van der Waals surface area contributed by atoms with Crippen molar-refractivity contribution in [2.45, 2.75) is 45.8 Å². The highest BCUT2D eigenvalue weighted by molar-refractivity contribution is 8.23. The lowest BCUT2D eigenvalue weighted by molar-refractivity contribution is -0.116. The molecule has 0 bridgehead atoms. The quantitative estimate of drug-likeness (QED) is 0.547. The molecule has 0 unspecified atom stereocenters. The zero-order chi connectivity index (χ0) is 18.1. The highest BCUT2D eigenvalue weighted by Crippen LogP contribution is 2.21. The van der Waals surface area contributed by atoms with Gasteiger partial charge in [-0.05, 0) is 51.5 Å². The maximum atomic E-state index is 12.5. The van der Waals surface area contributed by atoms with E-state index in [0.29, 0.717) is 17.7 Å². The van der Waals surface area contributed by atoms with Crippen molar-refractivity contribution in [3.8, 4) is 0 Å². The van der Waals surface area contributed by atoms with Crippen LogP contribution in [0.5, 0.6) is 0 Å². The van der Waals surface area contributed by atoms with Crippen molar-refractivity contribution in [1.29, 1.82) is 0 Å². The van der Waals surface area contributed by atoms with Gasteiger partial charge in [-0.3, -0.25) is 9.59 Å². The smallest absolute Gasteiger partial charge is 0.224 e. The minimum Gasteiger partial charge on any atom is -0.358 e. The molecule has 0 fully saturated rings. The van der Waals surface area contributed by atoms with Gasteiger partial charge in [-0.25, -0.2) is 0 Å². The van der Waals surface area contributed by atoms with Crippen LogP contribution in [0.1, 0.15) is 50.9 Å². The van der Waals surface area contributed by atoms with Crippen molar-refractivity contribution < 1.29 is 9.59 Å². The van der Waals surface area contributed by atoms with Crippen LogP contribution in [0, 0.1) is 0 Å². The number of carbonyl (C=O) groups is 2. The summed E-state index contributed by atoms with van der Waals surface area (Å²) in [6.07, 6.45) is 1.31. The van der Waals surface area contributed by atoms with Crippen LogP contribution in [0.15, 0.2) is 24.3 Å². The second-order valence-corrected chi connectivity index (χ2v) is 7.41. The van der Waals surface area contributed by atoms with Crippen LogP contribution in [-0.2, 0) is 4.79 Å². The normalized spacial score (nSPS) is 11.7. The van der Waals surface area contributed by atoms with Crippen molar-refractivity contribution in [3.63, 3.8) is 0 Å². The fourth-order valence-corrected chi connectivity index (χ4v) is 3.81. The summed E-state index contributed by atoms with van der Waals surface area (Å²) in [5.41, 5.74) is 1.34. The first-order valence-electron chi connectivity index (χ1n) is 8.32. The monoisotopic (exact) mass is 366 g/mol. The molecular weight excluding hydrogens is 340 g/mol. The number of anilines is 1. The van der Waals surface area contributed by atoms with Gasteiger partial charge in [0.25, 0.3) is 0 Å². The molecule has 0 spiro atoms. The van der Waals surface area contributed by atoms with Gasteiger partial charge in [0.05, 0.1) is 5.25 Å². The minimum atomic E-state index is -0.237. The average molecular weight is 367 g/mol. The minimum absolute atomic E-state index is 0.00919. The van der Waals surface area contributed by atoms with Crippen molar-refractivity contribution in [1.82, 2.24) is 4.90 Å². The number of Topliss-reactive ketones (excluding diaryl/α,β-unsaturated/α-hetero) is 1. The van der Waals surface area contributed by atoms with E-state index in [1.54, 1.807) is 24.3 Å². The SMILES string of the molecule is CCCC(=O)Nc1ccc(C(=O)[C@H](C)SC(=S)N(CC)CC)cc1. The Morgan fingerprint density at radius 3 is 2.25 bits per heavy atom. The standard InChI is InChI=1S/C18H26N2O2S2/c1-5-8-16(21)19-15-11-9-14(10-12-15)17(22)13(4)24-18(23)20(6-2)7-3/h9-13H,5-8H2,1-4H3,(H,19,21)/t13-/m0/s1. The molecule has 6 heteroatoms. The van der Waals surface area contributed by atoms with E-state index in [1.807, 2.05) is 13.8 Å². The van der Waals surface area contributed by atoms with Gasteiger partial charge in [-0.1, -0.05) is 30.9 Å². The molecule has 0 saturated carbocycles. The highest BCUT2D eigenvalue weighted by atomic mass is 32.2. The number of nitrogens with one attached hydrogen (secondary N) is 1. The largest absolute Gasteiger partial charge is 0.358 e. The topological polar surface area (TPSA) is 49.4 Å². The van der Waals surface area contributed by atoms with Crippen LogP contribution in [0.4, 0.5) is 5.69 Å². The molecule has 0 heterocycles. The first kappa shape index (κ1) is 20.6. The summed E-state index contributed by atoms with van der Waals surface area (Å²) in [7, 11) is 0. The van der Waals surface area contributed by atoms with E-state index in [0.717, 1.165) is 23.8 Å². The van der Waals surface area contributed by atoms with Crippen LogP contribution in [0.25, 0.3) is 0 Å². The Bertz CT molecular complexity index is 569. The summed E-state index contributed by atoms with van der Waals surface area (Å²) in [4.78, 5) is 26.2. The number of ketones is 1. The Morgan fingerprint density at radius 2 is 1.75 bits per heavy atom. The number of amides is 1. The van der Waals surface area contributed by atoms with E-state index in [2.05, 4.69) is 24.1 Å². The summed E-state index contributed by atoms with van der Waals surface area (Å²) >= 11 is 6.82. The van der Waals surface area contributed by atoms with Gasteiger partial charge < -0.3 is 10.2 Å². The predicted octanol–water partition coefficient (Wildman–Crippen LogP) is 4.36. The number of nitrogens with zero attached hydrogens (tertiary/aromatic N) is 1. The van der Waals surface area contributed by atoms with Crippen LogP contribution < -0.4 is 5.32 Å². The number of hydrogen-bond acceptors (Lipinski definition) is 4. The van der Waals surface area contributed by atoms with Crippen molar-refractivity contribution in [2.24, 2.45) is 0 Å². The molecule has 0 aromatic heterocycles. The molecule has 1 atom stereocenters. The molecule has 1 amide bonds. The zero-order valence-corrected chi connectivity index (χ0v) is 16.4. The van der Waals surface area contributed by atoms with Crippen LogP contribution in [-0.4, -0.2) is 39.3 Å². The number of carbonyl (C=O) groups excluding carboxylic acids is 2. The molecular formula is C18H26N2O2S2. The molecule has 1 aromatic carbocycles. The summed E-state index contributed by atoms with van der Waals surface area (Å²) < 4.78 is 0.754.